The number of aliphatic carboxylic acids is 1. The van der Waals surface area contributed by atoms with Crippen LogP contribution < -0.4 is 0 Å². The monoisotopic (exact) mass is 273 g/mol. The summed E-state index contributed by atoms with van der Waals surface area (Å²) in [6.45, 7) is 2.83. The Hall–Kier alpha value is -1.62. The first kappa shape index (κ1) is 14.4. The van der Waals surface area contributed by atoms with E-state index in [2.05, 4.69) is 0 Å². The van der Waals surface area contributed by atoms with Crippen molar-refractivity contribution in [3.8, 4) is 0 Å². The quantitative estimate of drug-likeness (QED) is 0.916. The van der Waals surface area contributed by atoms with Crippen molar-refractivity contribution in [2.45, 2.75) is 19.9 Å². The molecule has 0 atom stereocenters. The number of halogens is 2. The lowest BCUT2D eigenvalue weighted by molar-refractivity contribution is -0.138. The molecule has 0 bridgehead atoms. The Morgan fingerprint density at radius 1 is 1.44 bits per heavy atom. The molecule has 0 fully saturated rings. The van der Waals surface area contributed by atoms with Gasteiger partial charge in [0.05, 0.1) is 10.6 Å². The number of carboxylic acids is 1. The first-order valence-electron chi connectivity index (χ1n) is 5.31. The summed E-state index contributed by atoms with van der Waals surface area (Å²) in [4.78, 5) is 23.8. The largest absolute Gasteiger partial charge is 0.480 e. The van der Waals surface area contributed by atoms with Crippen molar-refractivity contribution in [2.24, 2.45) is 0 Å². The highest BCUT2D eigenvalue weighted by molar-refractivity contribution is 6.31. The van der Waals surface area contributed by atoms with Crippen molar-refractivity contribution in [1.82, 2.24) is 4.90 Å². The molecule has 0 aromatic heterocycles. The predicted molar refractivity (Wildman–Crippen MR) is 65.2 cm³/mol. The Balaban J connectivity index is 3.10. The third-order valence-electron chi connectivity index (χ3n) is 2.37. The van der Waals surface area contributed by atoms with E-state index in [9.17, 15) is 14.0 Å². The van der Waals surface area contributed by atoms with Crippen LogP contribution in [0.4, 0.5) is 4.39 Å². The van der Waals surface area contributed by atoms with Crippen LogP contribution in [0, 0.1) is 5.82 Å². The van der Waals surface area contributed by atoms with E-state index in [1.807, 2.05) is 0 Å². The van der Waals surface area contributed by atoms with Crippen molar-refractivity contribution >= 4 is 23.5 Å². The summed E-state index contributed by atoms with van der Waals surface area (Å²) in [6, 6.07) is 3.69. The van der Waals surface area contributed by atoms with E-state index in [-0.39, 0.29) is 16.6 Å². The summed E-state index contributed by atoms with van der Waals surface area (Å²) in [5.41, 5.74) is -0.225. The van der Waals surface area contributed by atoms with Gasteiger partial charge in [0, 0.05) is 6.04 Å². The van der Waals surface area contributed by atoms with Gasteiger partial charge in [-0.05, 0) is 26.0 Å². The van der Waals surface area contributed by atoms with E-state index in [0.717, 1.165) is 4.90 Å². The number of hydrogen-bond donors (Lipinski definition) is 1. The minimum Gasteiger partial charge on any atom is -0.480 e. The molecule has 18 heavy (non-hydrogen) atoms. The molecular weight excluding hydrogens is 261 g/mol. The van der Waals surface area contributed by atoms with Gasteiger partial charge in [-0.2, -0.15) is 0 Å². The minimum atomic E-state index is -1.15. The highest BCUT2D eigenvalue weighted by Gasteiger charge is 2.24. The predicted octanol–water partition coefficient (Wildman–Crippen LogP) is 2.41. The molecule has 0 unspecified atom stereocenters. The molecule has 4 nitrogen and oxygen atoms in total. The second-order valence-corrected chi connectivity index (χ2v) is 4.43. The van der Waals surface area contributed by atoms with Gasteiger partial charge in [0.15, 0.2) is 5.82 Å². The Kier molecular flexibility index (Phi) is 4.67. The van der Waals surface area contributed by atoms with Crippen LogP contribution in [-0.2, 0) is 4.79 Å². The Morgan fingerprint density at radius 3 is 2.56 bits per heavy atom. The molecule has 0 spiro atoms. The zero-order valence-electron chi connectivity index (χ0n) is 9.98. The highest BCUT2D eigenvalue weighted by atomic mass is 35.5. The summed E-state index contributed by atoms with van der Waals surface area (Å²) >= 11 is 5.59. The Labute approximate surface area is 109 Å². The fourth-order valence-electron chi connectivity index (χ4n) is 1.46. The maximum atomic E-state index is 13.7. The molecular formula is C12H13ClFNO3. The van der Waals surface area contributed by atoms with E-state index < -0.39 is 24.2 Å². The van der Waals surface area contributed by atoms with Crippen LogP contribution in [0.5, 0.6) is 0 Å². The van der Waals surface area contributed by atoms with Gasteiger partial charge < -0.3 is 10.0 Å². The van der Waals surface area contributed by atoms with Gasteiger partial charge in [-0.25, -0.2) is 4.39 Å². The standard InChI is InChI=1S/C12H13ClFNO3/c1-7(2)15(6-10(16)17)12(18)8-4-3-5-9(13)11(8)14/h3-5,7H,6H2,1-2H3,(H,16,17). The van der Waals surface area contributed by atoms with Gasteiger partial charge in [-0.3, -0.25) is 9.59 Å². The van der Waals surface area contributed by atoms with Crippen LogP contribution in [0.15, 0.2) is 18.2 Å². The number of amides is 1. The number of rotatable bonds is 4. The fraction of sp³-hybridized carbons (Fsp3) is 0.333. The first-order valence-corrected chi connectivity index (χ1v) is 5.69. The van der Waals surface area contributed by atoms with Crippen LogP contribution >= 0.6 is 11.6 Å². The smallest absolute Gasteiger partial charge is 0.323 e. The van der Waals surface area contributed by atoms with Gasteiger partial charge in [0.25, 0.3) is 5.91 Å². The molecule has 98 valence electrons. The molecule has 1 aromatic rings. The Morgan fingerprint density at radius 2 is 2.06 bits per heavy atom. The molecule has 1 rings (SSSR count). The van der Waals surface area contributed by atoms with Crippen molar-refractivity contribution in [3.05, 3.63) is 34.6 Å². The van der Waals surface area contributed by atoms with E-state index >= 15 is 0 Å². The van der Waals surface area contributed by atoms with Crippen LogP contribution in [-0.4, -0.2) is 34.5 Å². The molecule has 0 heterocycles. The third kappa shape index (κ3) is 3.20. The van der Waals surface area contributed by atoms with E-state index in [1.165, 1.54) is 18.2 Å². The number of hydrogen-bond acceptors (Lipinski definition) is 2. The molecule has 1 N–H and O–H groups in total. The minimum absolute atomic E-state index is 0.167. The lowest BCUT2D eigenvalue weighted by Crippen LogP contribution is -2.41. The molecule has 0 saturated carbocycles. The van der Waals surface area contributed by atoms with Crippen LogP contribution in [0.3, 0.4) is 0 Å². The second-order valence-electron chi connectivity index (χ2n) is 4.02. The normalized spacial score (nSPS) is 10.5. The molecule has 0 aliphatic heterocycles. The second kappa shape index (κ2) is 5.82. The average molecular weight is 274 g/mol. The molecule has 0 radical (unpaired) electrons. The van der Waals surface area contributed by atoms with Crippen molar-refractivity contribution in [2.75, 3.05) is 6.54 Å². The van der Waals surface area contributed by atoms with Crippen molar-refractivity contribution in [1.29, 1.82) is 0 Å². The van der Waals surface area contributed by atoms with Gasteiger partial charge in [0.1, 0.15) is 6.54 Å². The van der Waals surface area contributed by atoms with Crippen molar-refractivity contribution in [3.63, 3.8) is 0 Å². The van der Waals surface area contributed by atoms with Gasteiger partial charge in [0.2, 0.25) is 0 Å². The number of carboxylic acid groups (broad SMARTS) is 1. The number of carbonyl (C=O) groups excluding carboxylic acids is 1. The van der Waals surface area contributed by atoms with Crippen molar-refractivity contribution < 1.29 is 19.1 Å². The van der Waals surface area contributed by atoms with Gasteiger partial charge >= 0.3 is 5.97 Å². The van der Waals surface area contributed by atoms with Crippen LogP contribution in [0.2, 0.25) is 5.02 Å². The van der Waals surface area contributed by atoms with Gasteiger partial charge in [-0.15, -0.1) is 0 Å². The molecule has 0 aliphatic carbocycles. The SMILES string of the molecule is CC(C)N(CC(=O)O)C(=O)c1cccc(Cl)c1F. The summed E-state index contributed by atoms with van der Waals surface area (Å²) < 4.78 is 13.7. The highest BCUT2D eigenvalue weighted by Crippen LogP contribution is 2.20. The maximum absolute atomic E-state index is 13.7. The summed E-state index contributed by atoms with van der Waals surface area (Å²) in [5.74, 6) is -2.67. The fourth-order valence-corrected chi connectivity index (χ4v) is 1.63. The topological polar surface area (TPSA) is 57.6 Å². The summed E-state index contributed by atoms with van der Waals surface area (Å²) in [6.07, 6.45) is 0. The zero-order chi connectivity index (χ0) is 13.9. The van der Waals surface area contributed by atoms with E-state index in [4.69, 9.17) is 16.7 Å². The number of benzene rings is 1. The molecule has 0 aliphatic rings. The average Bonchev–Trinajstić information content (AvgIpc) is 2.28. The van der Waals surface area contributed by atoms with Crippen LogP contribution in [0.1, 0.15) is 24.2 Å². The molecule has 6 heteroatoms. The number of carbonyl (C=O) groups is 2. The summed E-state index contributed by atoms with van der Waals surface area (Å²) in [5, 5.41) is 8.57. The van der Waals surface area contributed by atoms with E-state index in [0.29, 0.717) is 0 Å². The molecule has 1 aromatic carbocycles. The lowest BCUT2D eigenvalue weighted by atomic mass is 10.1. The molecule has 1 amide bonds. The number of nitrogens with zero attached hydrogens (tertiary/aromatic N) is 1. The lowest BCUT2D eigenvalue weighted by Gasteiger charge is -2.25. The summed E-state index contributed by atoms with van der Waals surface area (Å²) in [7, 11) is 0. The zero-order valence-corrected chi connectivity index (χ0v) is 10.7. The molecule has 0 saturated heterocycles. The van der Waals surface area contributed by atoms with Gasteiger partial charge in [-0.1, -0.05) is 17.7 Å². The van der Waals surface area contributed by atoms with Crippen LogP contribution in [0.25, 0.3) is 0 Å². The third-order valence-corrected chi connectivity index (χ3v) is 2.66. The first-order chi connectivity index (χ1) is 8.34. The maximum Gasteiger partial charge on any atom is 0.323 e. The Bertz CT molecular complexity index is 476. The van der Waals surface area contributed by atoms with E-state index in [1.54, 1.807) is 13.8 Å².